The highest BCUT2D eigenvalue weighted by atomic mass is 15.1. The topological polar surface area (TPSA) is 28.7 Å². The standard InChI is InChI=1S/C9H10N2/c1-9(6-8(9)7-10)11-4-2-3-5-11/h2-5,8H,6H2,1H3/t8-,9+/m1/s1. The van der Waals surface area contributed by atoms with Crippen LogP contribution in [0.5, 0.6) is 0 Å². The molecule has 11 heavy (non-hydrogen) atoms. The van der Waals surface area contributed by atoms with E-state index in [0.29, 0.717) is 0 Å². The second-order valence-electron chi connectivity index (χ2n) is 3.33. The zero-order valence-electron chi connectivity index (χ0n) is 6.49. The smallest absolute Gasteiger partial charge is 0.0719 e. The van der Waals surface area contributed by atoms with Gasteiger partial charge in [0.2, 0.25) is 0 Å². The second-order valence-corrected chi connectivity index (χ2v) is 3.33. The van der Waals surface area contributed by atoms with Crippen molar-refractivity contribution in [3.63, 3.8) is 0 Å². The second kappa shape index (κ2) is 1.88. The molecule has 1 fully saturated rings. The molecule has 2 nitrogen and oxygen atoms in total. The van der Waals surface area contributed by atoms with Crippen molar-refractivity contribution in [2.75, 3.05) is 0 Å². The molecule has 0 unspecified atom stereocenters. The third-order valence-electron chi connectivity index (χ3n) is 2.56. The van der Waals surface area contributed by atoms with Gasteiger partial charge in [-0.3, -0.25) is 0 Å². The summed E-state index contributed by atoms with van der Waals surface area (Å²) in [6, 6.07) is 6.29. The Labute approximate surface area is 66.1 Å². The fraction of sp³-hybridized carbons (Fsp3) is 0.444. The predicted octanol–water partition coefficient (Wildman–Crippen LogP) is 1.75. The van der Waals surface area contributed by atoms with Gasteiger partial charge >= 0.3 is 0 Å². The average Bonchev–Trinajstić information content (AvgIpc) is 2.55. The quantitative estimate of drug-likeness (QED) is 0.593. The van der Waals surface area contributed by atoms with Crippen molar-refractivity contribution in [1.29, 1.82) is 5.26 Å². The third-order valence-corrected chi connectivity index (χ3v) is 2.56. The minimum atomic E-state index is 0.0955. The Hall–Kier alpha value is -1.23. The zero-order chi connectivity index (χ0) is 7.90. The third kappa shape index (κ3) is 0.775. The van der Waals surface area contributed by atoms with Gasteiger partial charge in [0.1, 0.15) is 0 Å². The van der Waals surface area contributed by atoms with Crippen molar-refractivity contribution < 1.29 is 0 Å². The number of rotatable bonds is 1. The Kier molecular flexibility index (Phi) is 1.11. The summed E-state index contributed by atoms with van der Waals surface area (Å²) in [5.41, 5.74) is 0.0955. The summed E-state index contributed by atoms with van der Waals surface area (Å²) in [4.78, 5) is 0. The first-order valence-electron chi connectivity index (χ1n) is 3.80. The van der Waals surface area contributed by atoms with Gasteiger partial charge in [-0.2, -0.15) is 5.26 Å². The molecule has 1 aromatic heterocycles. The van der Waals surface area contributed by atoms with Gasteiger partial charge in [-0.05, 0) is 25.5 Å². The largest absolute Gasteiger partial charge is 0.347 e. The maximum atomic E-state index is 8.68. The van der Waals surface area contributed by atoms with Gasteiger partial charge in [0.15, 0.2) is 0 Å². The maximum Gasteiger partial charge on any atom is 0.0719 e. The highest BCUT2D eigenvalue weighted by Gasteiger charge is 2.51. The van der Waals surface area contributed by atoms with Crippen LogP contribution in [0.4, 0.5) is 0 Å². The van der Waals surface area contributed by atoms with Crippen LogP contribution in [-0.2, 0) is 5.54 Å². The SMILES string of the molecule is C[C@]1(n2cccc2)C[C@@H]1C#N. The molecular formula is C9H10N2. The van der Waals surface area contributed by atoms with Crippen LogP contribution in [0.15, 0.2) is 24.5 Å². The lowest BCUT2D eigenvalue weighted by atomic mass is 10.2. The monoisotopic (exact) mass is 146 g/mol. The highest BCUT2D eigenvalue weighted by molar-refractivity contribution is 5.16. The van der Waals surface area contributed by atoms with Crippen LogP contribution in [0.25, 0.3) is 0 Å². The normalized spacial score (nSPS) is 34.7. The first kappa shape index (κ1) is 6.48. The molecule has 1 aliphatic carbocycles. The number of hydrogen-bond acceptors (Lipinski definition) is 1. The molecule has 1 heterocycles. The minimum Gasteiger partial charge on any atom is -0.347 e. The summed E-state index contributed by atoms with van der Waals surface area (Å²) in [5.74, 6) is 0.217. The highest BCUT2D eigenvalue weighted by Crippen LogP contribution is 2.49. The molecule has 2 rings (SSSR count). The van der Waals surface area contributed by atoms with E-state index in [0.717, 1.165) is 6.42 Å². The van der Waals surface area contributed by atoms with E-state index in [1.807, 2.05) is 24.5 Å². The van der Waals surface area contributed by atoms with Gasteiger partial charge in [0.25, 0.3) is 0 Å². The molecule has 0 aliphatic heterocycles. The van der Waals surface area contributed by atoms with Crippen molar-refractivity contribution in [1.82, 2.24) is 4.57 Å². The fourth-order valence-electron chi connectivity index (χ4n) is 1.50. The molecule has 56 valence electrons. The molecular weight excluding hydrogens is 136 g/mol. The molecule has 0 bridgehead atoms. The first-order valence-corrected chi connectivity index (χ1v) is 3.80. The summed E-state index contributed by atoms with van der Waals surface area (Å²) >= 11 is 0. The van der Waals surface area contributed by atoms with E-state index in [-0.39, 0.29) is 11.5 Å². The van der Waals surface area contributed by atoms with Crippen LogP contribution in [-0.4, -0.2) is 4.57 Å². The van der Waals surface area contributed by atoms with Crippen molar-refractivity contribution >= 4 is 0 Å². The van der Waals surface area contributed by atoms with Crippen molar-refractivity contribution in [2.24, 2.45) is 5.92 Å². The Morgan fingerprint density at radius 1 is 1.55 bits per heavy atom. The molecule has 0 saturated heterocycles. The first-order chi connectivity index (χ1) is 5.27. The van der Waals surface area contributed by atoms with Gasteiger partial charge in [0, 0.05) is 12.4 Å². The van der Waals surface area contributed by atoms with E-state index in [1.165, 1.54) is 0 Å². The lowest BCUT2D eigenvalue weighted by Gasteiger charge is -2.10. The van der Waals surface area contributed by atoms with E-state index in [4.69, 9.17) is 5.26 Å². The van der Waals surface area contributed by atoms with Crippen LogP contribution in [0.2, 0.25) is 0 Å². The van der Waals surface area contributed by atoms with Crippen LogP contribution in [0.1, 0.15) is 13.3 Å². The predicted molar refractivity (Wildman–Crippen MR) is 41.8 cm³/mol. The van der Waals surface area contributed by atoms with E-state index < -0.39 is 0 Å². The molecule has 0 N–H and O–H groups in total. The Balaban J connectivity index is 2.28. The summed E-state index contributed by atoms with van der Waals surface area (Å²) in [7, 11) is 0. The molecule has 0 spiro atoms. The fourth-order valence-corrected chi connectivity index (χ4v) is 1.50. The lowest BCUT2D eigenvalue weighted by Crippen LogP contribution is -2.12. The molecule has 0 amide bonds. The van der Waals surface area contributed by atoms with Crippen LogP contribution < -0.4 is 0 Å². The Morgan fingerprint density at radius 2 is 2.18 bits per heavy atom. The Bertz CT molecular complexity index is 294. The molecule has 1 aliphatic rings. The molecule has 2 heteroatoms. The van der Waals surface area contributed by atoms with Gasteiger partial charge in [-0.1, -0.05) is 0 Å². The number of nitriles is 1. The minimum absolute atomic E-state index is 0.0955. The number of hydrogen-bond donors (Lipinski definition) is 0. The van der Waals surface area contributed by atoms with E-state index in [1.54, 1.807) is 0 Å². The van der Waals surface area contributed by atoms with Gasteiger partial charge in [0.05, 0.1) is 17.5 Å². The van der Waals surface area contributed by atoms with Gasteiger partial charge in [-0.25, -0.2) is 0 Å². The summed E-state index contributed by atoms with van der Waals surface area (Å²) in [6.07, 6.45) is 5.05. The summed E-state index contributed by atoms with van der Waals surface area (Å²) < 4.78 is 2.13. The van der Waals surface area contributed by atoms with Crippen LogP contribution in [0.3, 0.4) is 0 Å². The summed E-state index contributed by atoms with van der Waals surface area (Å²) in [5, 5.41) is 8.68. The van der Waals surface area contributed by atoms with Crippen molar-refractivity contribution in [3.05, 3.63) is 24.5 Å². The van der Waals surface area contributed by atoms with E-state index in [2.05, 4.69) is 17.6 Å². The van der Waals surface area contributed by atoms with E-state index >= 15 is 0 Å². The van der Waals surface area contributed by atoms with Crippen LogP contribution in [0, 0.1) is 17.2 Å². The zero-order valence-corrected chi connectivity index (χ0v) is 6.49. The van der Waals surface area contributed by atoms with Gasteiger partial charge < -0.3 is 4.57 Å². The van der Waals surface area contributed by atoms with Crippen molar-refractivity contribution in [3.8, 4) is 6.07 Å². The van der Waals surface area contributed by atoms with Crippen LogP contribution >= 0.6 is 0 Å². The number of aromatic nitrogens is 1. The van der Waals surface area contributed by atoms with E-state index in [9.17, 15) is 0 Å². The summed E-state index contributed by atoms with van der Waals surface area (Å²) in [6.45, 7) is 2.13. The number of nitrogens with zero attached hydrogens (tertiary/aromatic N) is 2. The lowest BCUT2D eigenvalue weighted by molar-refractivity contribution is 0.510. The van der Waals surface area contributed by atoms with Crippen molar-refractivity contribution in [2.45, 2.75) is 18.9 Å². The average molecular weight is 146 g/mol. The Morgan fingerprint density at radius 3 is 2.64 bits per heavy atom. The molecule has 1 saturated carbocycles. The molecule has 0 radical (unpaired) electrons. The maximum absolute atomic E-state index is 8.68. The molecule has 0 aromatic carbocycles. The molecule has 1 aromatic rings. The molecule has 2 atom stereocenters. The van der Waals surface area contributed by atoms with Gasteiger partial charge in [-0.15, -0.1) is 0 Å².